The third-order valence-corrected chi connectivity index (χ3v) is 1.97. The molecule has 0 aliphatic carbocycles. The fraction of sp³-hybridized carbons (Fsp3) is 0.200. The molecule has 2 rings (SSSR count). The first-order valence-corrected chi connectivity index (χ1v) is 3.78. The van der Waals surface area contributed by atoms with Gasteiger partial charge in [-0.25, -0.2) is 0 Å². The molecule has 0 aromatic heterocycles. The van der Waals surface area contributed by atoms with Gasteiger partial charge >= 0.3 is 0 Å². The molecule has 1 aliphatic heterocycles. The van der Waals surface area contributed by atoms with Crippen LogP contribution < -0.4 is 0 Å². The predicted molar refractivity (Wildman–Crippen MR) is 45.1 cm³/mol. The molecule has 1 heterocycles. The van der Waals surface area contributed by atoms with Crippen molar-refractivity contribution >= 4 is 5.76 Å². The number of fused-ring (bicyclic) bond motifs is 1. The van der Waals surface area contributed by atoms with Crippen LogP contribution in [0.1, 0.15) is 11.1 Å². The quantitative estimate of drug-likeness (QED) is 0.545. The second kappa shape index (κ2) is 2.42. The van der Waals surface area contributed by atoms with E-state index in [9.17, 15) is 0 Å². The van der Waals surface area contributed by atoms with Crippen molar-refractivity contribution in [1.82, 2.24) is 0 Å². The molecule has 56 valence electrons. The molecule has 0 N–H and O–H groups in total. The van der Waals surface area contributed by atoms with Crippen molar-refractivity contribution < 1.29 is 4.74 Å². The van der Waals surface area contributed by atoms with Gasteiger partial charge in [-0.1, -0.05) is 30.8 Å². The lowest BCUT2D eigenvalue weighted by molar-refractivity contribution is 0.271. The monoisotopic (exact) mass is 146 g/mol. The van der Waals surface area contributed by atoms with Crippen molar-refractivity contribution in [2.24, 2.45) is 0 Å². The summed E-state index contributed by atoms with van der Waals surface area (Å²) in [6.45, 7) is 4.61. The van der Waals surface area contributed by atoms with E-state index < -0.39 is 0 Å². The lowest BCUT2D eigenvalue weighted by Gasteiger charge is -2.18. The smallest absolute Gasteiger partial charge is 0.119 e. The minimum absolute atomic E-state index is 0.774. The Hall–Kier alpha value is -1.24. The van der Waals surface area contributed by atoms with Gasteiger partial charge in [0.25, 0.3) is 0 Å². The summed E-state index contributed by atoms with van der Waals surface area (Å²) in [7, 11) is 0. The molecular formula is C10H10O. The lowest BCUT2D eigenvalue weighted by atomic mass is 10.0. The van der Waals surface area contributed by atoms with E-state index in [1.54, 1.807) is 0 Å². The Morgan fingerprint density at radius 3 is 2.91 bits per heavy atom. The normalized spacial score (nSPS) is 15.5. The number of hydrogen-bond donors (Lipinski definition) is 0. The first kappa shape index (κ1) is 6.47. The SMILES string of the molecule is C=C1OCCc2ccccc21. The van der Waals surface area contributed by atoms with Crippen molar-refractivity contribution in [2.75, 3.05) is 6.61 Å². The Kier molecular flexibility index (Phi) is 1.42. The number of ether oxygens (including phenoxy) is 1. The Balaban J connectivity index is 2.52. The van der Waals surface area contributed by atoms with E-state index in [0.717, 1.165) is 18.8 Å². The van der Waals surface area contributed by atoms with Crippen LogP contribution in [0.25, 0.3) is 5.76 Å². The topological polar surface area (TPSA) is 9.23 Å². The fourth-order valence-corrected chi connectivity index (χ4v) is 1.37. The summed E-state index contributed by atoms with van der Waals surface area (Å²) in [4.78, 5) is 0. The van der Waals surface area contributed by atoms with Crippen molar-refractivity contribution in [3.05, 3.63) is 42.0 Å². The Bertz CT molecular complexity index is 289. The second-order valence-electron chi connectivity index (χ2n) is 2.68. The standard InChI is InChI=1S/C10H10O/c1-8-10-5-3-2-4-9(10)6-7-11-8/h2-5H,1,6-7H2. The van der Waals surface area contributed by atoms with Crippen LogP contribution in [0.5, 0.6) is 0 Å². The molecular weight excluding hydrogens is 136 g/mol. The molecule has 0 amide bonds. The third kappa shape index (κ3) is 1.03. The van der Waals surface area contributed by atoms with Gasteiger partial charge in [0.2, 0.25) is 0 Å². The van der Waals surface area contributed by atoms with E-state index >= 15 is 0 Å². The molecule has 1 nitrogen and oxygen atoms in total. The average molecular weight is 146 g/mol. The summed E-state index contributed by atoms with van der Waals surface area (Å²) < 4.78 is 5.31. The zero-order valence-corrected chi connectivity index (χ0v) is 6.34. The first-order valence-electron chi connectivity index (χ1n) is 3.78. The molecule has 11 heavy (non-hydrogen) atoms. The van der Waals surface area contributed by atoms with Crippen LogP contribution >= 0.6 is 0 Å². The highest BCUT2D eigenvalue weighted by Gasteiger charge is 2.11. The Morgan fingerprint density at radius 1 is 1.27 bits per heavy atom. The maximum Gasteiger partial charge on any atom is 0.119 e. The van der Waals surface area contributed by atoms with Crippen molar-refractivity contribution in [2.45, 2.75) is 6.42 Å². The first-order chi connectivity index (χ1) is 5.38. The number of benzene rings is 1. The summed E-state index contributed by atoms with van der Waals surface area (Å²) in [6, 6.07) is 8.25. The lowest BCUT2D eigenvalue weighted by Crippen LogP contribution is -2.07. The van der Waals surface area contributed by atoms with Crippen molar-refractivity contribution in [3.63, 3.8) is 0 Å². The van der Waals surface area contributed by atoms with Crippen molar-refractivity contribution in [3.8, 4) is 0 Å². The van der Waals surface area contributed by atoms with E-state index in [1.165, 1.54) is 11.1 Å². The van der Waals surface area contributed by atoms with Gasteiger partial charge in [-0.3, -0.25) is 0 Å². The molecule has 1 heteroatoms. The maximum absolute atomic E-state index is 5.31. The highest BCUT2D eigenvalue weighted by atomic mass is 16.5. The molecule has 0 spiro atoms. The molecule has 0 atom stereocenters. The van der Waals surface area contributed by atoms with E-state index in [1.807, 2.05) is 6.07 Å². The summed E-state index contributed by atoms with van der Waals surface area (Å²) in [5.41, 5.74) is 2.52. The van der Waals surface area contributed by atoms with E-state index in [2.05, 4.69) is 24.8 Å². The van der Waals surface area contributed by atoms with E-state index in [4.69, 9.17) is 4.74 Å². The summed E-state index contributed by atoms with van der Waals surface area (Å²) in [5, 5.41) is 0. The van der Waals surface area contributed by atoms with Gasteiger partial charge < -0.3 is 4.74 Å². The molecule has 1 aromatic rings. The second-order valence-corrected chi connectivity index (χ2v) is 2.68. The van der Waals surface area contributed by atoms with Crippen LogP contribution in [-0.2, 0) is 11.2 Å². The molecule has 1 aromatic carbocycles. The van der Waals surface area contributed by atoms with Crippen LogP contribution in [-0.4, -0.2) is 6.61 Å². The molecule has 0 unspecified atom stereocenters. The number of hydrogen-bond acceptors (Lipinski definition) is 1. The molecule has 0 saturated heterocycles. The highest BCUT2D eigenvalue weighted by Crippen LogP contribution is 2.23. The van der Waals surface area contributed by atoms with Gasteiger partial charge in [-0.2, -0.15) is 0 Å². The highest BCUT2D eigenvalue weighted by molar-refractivity contribution is 5.62. The van der Waals surface area contributed by atoms with Gasteiger partial charge in [0, 0.05) is 12.0 Å². The third-order valence-electron chi connectivity index (χ3n) is 1.97. The zero-order chi connectivity index (χ0) is 7.68. The van der Waals surface area contributed by atoms with Gasteiger partial charge in [0.15, 0.2) is 0 Å². The molecule has 0 bridgehead atoms. The fourth-order valence-electron chi connectivity index (χ4n) is 1.37. The van der Waals surface area contributed by atoms with Crippen LogP contribution in [0.2, 0.25) is 0 Å². The molecule has 0 saturated carbocycles. The average Bonchev–Trinajstić information content (AvgIpc) is 2.06. The molecule has 0 fully saturated rings. The van der Waals surface area contributed by atoms with Crippen LogP contribution in [0, 0.1) is 0 Å². The van der Waals surface area contributed by atoms with Gasteiger partial charge in [-0.15, -0.1) is 0 Å². The maximum atomic E-state index is 5.31. The summed E-state index contributed by atoms with van der Waals surface area (Å²) in [6.07, 6.45) is 1.01. The van der Waals surface area contributed by atoms with Gasteiger partial charge in [0.1, 0.15) is 5.76 Å². The minimum atomic E-state index is 0.774. The van der Waals surface area contributed by atoms with E-state index in [0.29, 0.717) is 0 Å². The number of rotatable bonds is 0. The Labute approximate surface area is 66.3 Å². The van der Waals surface area contributed by atoms with Crippen LogP contribution in [0.15, 0.2) is 30.8 Å². The van der Waals surface area contributed by atoms with Crippen LogP contribution in [0.4, 0.5) is 0 Å². The van der Waals surface area contributed by atoms with Crippen LogP contribution in [0.3, 0.4) is 0 Å². The van der Waals surface area contributed by atoms with E-state index in [-0.39, 0.29) is 0 Å². The van der Waals surface area contributed by atoms with Gasteiger partial charge in [-0.05, 0) is 5.56 Å². The molecule has 1 aliphatic rings. The summed E-state index contributed by atoms with van der Waals surface area (Å²) in [5.74, 6) is 0.812. The molecule has 0 radical (unpaired) electrons. The Morgan fingerprint density at radius 2 is 2.09 bits per heavy atom. The minimum Gasteiger partial charge on any atom is -0.493 e. The zero-order valence-electron chi connectivity index (χ0n) is 6.34. The van der Waals surface area contributed by atoms with Crippen molar-refractivity contribution in [1.29, 1.82) is 0 Å². The largest absolute Gasteiger partial charge is 0.493 e. The summed E-state index contributed by atoms with van der Waals surface area (Å²) >= 11 is 0. The predicted octanol–water partition coefficient (Wildman–Crippen LogP) is 2.23. The van der Waals surface area contributed by atoms with Gasteiger partial charge in [0.05, 0.1) is 6.61 Å².